The van der Waals surface area contributed by atoms with Crippen LogP contribution in [-0.2, 0) is 4.74 Å². The lowest BCUT2D eigenvalue weighted by Gasteiger charge is -2.18. The average Bonchev–Trinajstić information content (AvgIpc) is 3.21. The minimum absolute atomic E-state index is 0.101. The van der Waals surface area contributed by atoms with E-state index in [2.05, 4.69) is 32.7 Å². The number of ether oxygens (including phenoxy) is 1. The molecule has 3 rings (SSSR count). The molecule has 1 aliphatic rings. The molecule has 1 fully saturated rings. The minimum atomic E-state index is -0.101. The molecule has 1 saturated heterocycles. The molecular weight excluding hydrogens is 328 g/mol. The van der Waals surface area contributed by atoms with Crippen molar-refractivity contribution in [3.05, 3.63) is 48.2 Å². The molecule has 6 heteroatoms. The van der Waals surface area contributed by atoms with Crippen molar-refractivity contribution in [2.75, 3.05) is 43.6 Å². The number of carbonyl (C=O) groups is 1. The van der Waals surface area contributed by atoms with Gasteiger partial charge < -0.3 is 20.3 Å². The number of hydrogen-bond donors (Lipinski definition) is 2. The third kappa shape index (κ3) is 4.95. The van der Waals surface area contributed by atoms with Gasteiger partial charge in [0, 0.05) is 56.5 Å². The lowest BCUT2D eigenvalue weighted by Crippen LogP contribution is -2.25. The van der Waals surface area contributed by atoms with Crippen molar-refractivity contribution in [3.8, 4) is 0 Å². The monoisotopic (exact) mass is 354 g/mol. The Kier molecular flexibility index (Phi) is 6.44. The van der Waals surface area contributed by atoms with Crippen molar-refractivity contribution < 1.29 is 9.53 Å². The molecule has 1 amide bonds. The van der Waals surface area contributed by atoms with Gasteiger partial charge in [-0.3, -0.25) is 4.79 Å². The van der Waals surface area contributed by atoms with E-state index in [1.807, 2.05) is 12.1 Å². The van der Waals surface area contributed by atoms with E-state index in [-0.39, 0.29) is 5.91 Å². The van der Waals surface area contributed by atoms with E-state index in [0.717, 1.165) is 25.2 Å². The molecule has 0 atom stereocenters. The predicted octanol–water partition coefficient (Wildman–Crippen LogP) is 3.19. The molecule has 2 aromatic rings. The Morgan fingerprint density at radius 1 is 1.19 bits per heavy atom. The number of hydrogen-bond acceptors (Lipinski definition) is 5. The standard InChI is InChI=1S/C20H26N4O2/c1-26-14-4-10-22-20(25)16-9-11-21-19(15-16)23-17-5-7-18(8-6-17)24-12-2-3-13-24/h5-9,11,15H,2-4,10,12-14H2,1H3,(H,21,23)(H,22,25). The van der Waals surface area contributed by atoms with Gasteiger partial charge >= 0.3 is 0 Å². The summed E-state index contributed by atoms with van der Waals surface area (Å²) in [7, 11) is 1.65. The van der Waals surface area contributed by atoms with Crippen molar-refractivity contribution in [1.82, 2.24) is 10.3 Å². The van der Waals surface area contributed by atoms with Gasteiger partial charge in [0.05, 0.1) is 0 Å². The van der Waals surface area contributed by atoms with E-state index in [0.29, 0.717) is 24.5 Å². The molecule has 138 valence electrons. The lowest BCUT2D eigenvalue weighted by molar-refractivity contribution is 0.0948. The van der Waals surface area contributed by atoms with Crippen LogP contribution < -0.4 is 15.5 Å². The summed E-state index contributed by atoms with van der Waals surface area (Å²) in [5.41, 5.74) is 2.80. The number of nitrogens with zero attached hydrogens (tertiary/aromatic N) is 2. The Balaban J connectivity index is 1.58. The highest BCUT2D eigenvalue weighted by Crippen LogP contribution is 2.23. The van der Waals surface area contributed by atoms with Crippen molar-refractivity contribution in [2.45, 2.75) is 19.3 Å². The Hall–Kier alpha value is -2.60. The van der Waals surface area contributed by atoms with Gasteiger partial charge in [-0.2, -0.15) is 0 Å². The van der Waals surface area contributed by atoms with Crippen LogP contribution in [-0.4, -0.2) is 44.2 Å². The molecule has 1 aromatic carbocycles. The number of pyridine rings is 1. The van der Waals surface area contributed by atoms with Gasteiger partial charge in [-0.25, -0.2) is 4.98 Å². The molecule has 0 spiro atoms. The fourth-order valence-corrected chi connectivity index (χ4v) is 3.04. The molecular formula is C20H26N4O2. The summed E-state index contributed by atoms with van der Waals surface area (Å²) in [6, 6.07) is 11.8. The van der Waals surface area contributed by atoms with Crippen LogP contribution in [0.4, 0.5) is 17.2 Å². The lowest BCUT2D eigenvalue weighted by atomic mass is 10.2. The van der Waals surface area contributed by atoms with E-state index < -0.39 is 0 Å². The van der Waals surface area contributed by atoms with Crippen LogP contribution in [0.3, 0.4) is 0 Å². The van der Waals surface area contributed by atoms with Crippen LogP contribution in [0.1, 0.15) is 29.6 Å². The van der Waals surface area contributed by atoms with E-state index in [4.69, 9.17) is 4.74 Å². The number of anilines is 3. The molecule has 0 unspecified atom stereocenters. The maximum absolute atomic E-state index is 12.2. The van der Waals surface area contributed by atoms with Gasteiger partial charge in [0.25, 0.3) is 5.91 Å². The zero-order chi connectivity index (χ0) is 18.2. The van der Waals surface area contributed by atoms with E-state index in [9.17, 15) is 4.79 Å². The second-order valence-electron chi connectivity index (χ2n) is 6.40. The summed E-state index contributed by atoms with van der Waals surface area (Å²) in [4.78, 5) is 18.9. The van der Waals surface area contributed by atoms with Crippen molar-refractivity contribution in [1.29, 1.82) is 0 Å². The van der Waals surface area contributed by atoms with Gasteiger partial charge in [-0.15, -0.1) is 0 Å². The second kappa shape index (κ2) is 9.20. The first-order valence-corrected chi connectivity index (χ1v) is 9.11. The predicted molar refractivity (Wildman–Crippen MR) is 104 cm³/mol. The summed E-state index contributed by atoms with van der Waals surface area (Å²) in [5.74, 6) is 0.555. The fraction of sp³-hybridized carbons (Fsp3) is 0.400. The fourth-order valence-electron chi connectivity index (χ4n) is 3.04. The van der Waals surface area contributed by atoms with Crippen molar-refractivity contribution >= 4 is 23.1 Å². The number of benzene rings is 1. The van der Waals surface area contributed by atoms with Crippen LogP contribution in [0.5, 0.6) is 0 Å². The van der Waals surface area contributed by atoms with Gasteiger partial charge in [-0.05, 0) is 55.7 Å². The molecule has 6 nitrogen and oxygen atoms in total. The number of carbonyl (C=O) groups excluding carboxylic acids is 1. The summed E-state index contributed by atoms with van der Waals surface area (Å²) < 4.78 is 4.98. The molecule has 1 aliphatic heterocycles. The van der Waals surface area contributed by atoms with E-state index >= 15 is 0 Å². The van der Waals surface area contributed by atoms with E-state index in [1.54, 1.807) is 25.4 Å². The van der Waals surface area contributed by atoms with Crippen LogP contribution >= 0.6 is 0 Å². The zero-order valence-electron chi connectivity index (χ0n) is 15.2. The Labute approximate surface area is 154 Å². The second-order valence-corrected chi connectivity index (χ2v) is 6.40. The molecule has 0 bridgehead atoms. The number of methoxy groups -OCH3 is 1. The van der Waals surface area contributed by atoms with Crippen molar-refractivity contribution in [2.24, 2.45) is 0 Å². The normalized spacial score (nSPS) is 13.7. The molecule has 2 N–H and O–H groups in total. The topological polar surface area (TPSA) is 66.5 Å². The van der Waals surface area contributed by atoms with Crippen LogP contribution in [0.15, 0.2) is 42.6 Å². The number of nitrogens with one attached hydrogen (secondary N) is 2. The number of aromatic nitrogens is 1. The maximum atomic E-state index is 12.2. The van der Waals surface area contributed by atoms with Gasteiger partial charge in [0.2, 0.25) is 0 Å². The highest BCUT2D eigenvalue weighted by Gasteiger charge is 2.12. The highest BCUT2D eigenvalue weighted by molar-refractivity contribution is 5.94. The smallest absolute Gasteiger partial charge is 0.251 e. The first-order valence-electron chi connectivity index (χ1n) is 9.11. The number of amides is 1. The highest BCUT2D eigenvalue weighted by atomic mass is 16.5. The quantitative estimate of drug-likeness (QED) is 0.713. The molecule has 1 aromatic heterocycles. The summed E-state index contributed by atoms with van der Waals surface area (Å²) in [6.45, 7) is 3.50. The molecule has 0 radical (unpaired) electrons. The first-order chi connectivity index (χ1) is 12.8. The maximum Gasteiger partial charge on any atom is 0.251 e. The Morgan fingerprint density at radius 2 is 1.96 bits per heavy atom. The zero-order valence-corrected chi connectivity index (χ0v) is 15.2. The van der Waals surface area contributed by atoms with Crippen molar-refractivity contribution in [3.63, 3.8) is 0 Å². The third-order valence-electron chi connectivity index (χ3n) is 4.44. The summed E-state index contributed by atoms with van der Waals surface area (Å²) in [5, 5.41) is 6.15. The molecule has 26 heavy (non-hydrogen) atoms. The number of rotatable bonds is 8. The molecule has 2 heterocycles. The first kappa shape index (κ1) is 18.2. The minimum Gasteiger partial charge on any atom is -0.385 e. The SMILES string of the molecule is COCCCNC(=O)c1ccnc(Nc2ccc(N3CCCC3)cc2)c1. The van der Waals surface area contributed by atoms with Crippen LogP contribution in [0, 0.1) is 0 Å². The Morgan fingerprint density at radius 3 is 2.69 bits per heavy atom. The third-order valence-corrected chi connectivity index (χ3v) is 4.44. The molecule has 0 saturated carbocycles. The molecule has 0 aliphatic carbocycles. The largest absolute Gasteiger partial charge is 0.385 e. The summed E-state index contributed by atoms with van der Waals surface area (Å²) >= 11 is 0. The van der Waals surface area contributed by atoms with Crippen LogP contribution in [0.2, 0.25) is 0 Å². The van der Waals surface area contributed by atoms with Gasteiger partial charge in [-0.1, -0.05) is 0 Å². The van der Waals surface area contributed by atoms with Gasteiger partial charge in [0.15, 0.2) is 0 Å². The van der Waals surface area contributed by atoms with Gasteiger partial charge in [0.1, 0.15) is 5.82 Å². The average molecular weight is 354 g/mol. The van der Waals surface area contributed by atoms with Crippen LogP contribution in [0.25, 0.3) is 0 Å². The van der Waals surface area contributed by atoms with E-state index in [1.165, 1.54) is 18.5 Å². The Bertz CT molecular complexity index is 712. The summed E-state index contributed by atoms with van der Waals surface area (Å²) in [6.07, 6.45) is 4.97.